The lowest BCUT2D eigenvalue weighted by Gasteiger charge is -2.27. The van der Waals surface area contributed by atoms with Crippen LogP contribution in [-0.4, -0.2) is 43.0 Å². The molecule has 2 rings (SSSR count). The van der Waals surface area contributed by atoms with Crippen LogP contribution < -0.4 is 5.43 Å². The van der Waals surface area contributed by atoms with Crippen molar-refractivity contribution in [1.29, 1.82) is 0 Å². The van der Waals surface area contributed by atoms with E-state index in [4.69, 9.17) is 0 Å². The summed E-state index contributed by atoms with van der Waals surface area (Å²) in [6, 6.07) is 2.12. The number of thiophene rings is 1. The number of hydrazine groups is 1. The van der Waals surface area contributed by atoms with Crippen molar-refractivity contribution >= 4 is 17.2 Å². The molecule has 0 atom stereocenters. The monoisotopic (exact) mass is 239 g/mol. The fourth-order valence-electron chi connectivity index (χ4n) is 1.80. The highest BCUT2D eigenvalue weighted by atomic mass is 32.1. The van der Waals surface area contributed by atoms with Crippen molar-refractivity contribution in [3.05, 3.63) is 21.9 Å². The van der Waals surface area contributed by atoms with Crippen LogP contribution in [0.4, 0.5) is 0 Å². The number of carbonyl (C=O) groups is 1. The van der Waals surface area contributed by atoms with E-state index in [1.807, 2.05) is 19.0 Å². The van der Waals surface area contributed by atoms with Crippen LogP contribution in [0.5, 0.6) is 0 Å². The van der Waals surface area contributed by atoms with E-state index in [-0.39, 0.29) is 5.91 Å². The molecule has 1 aromatic heterocycles. The van der Waals surface area contributed by atoms with E-state index in [1.54, 1.807) is 16.3 Å². The minimum absolute atomic E-state index is 0.172. The Morgan fingerprint density at radius 1 is 1.62 bits per heavy atom. The molecule has 0 radical (unpaired) electrons. The zero-order valence-electron chi connectivity index (χ0n) is 9.69. The molecule has 1 amide bonds. The Morgan fingerprint density at radius 3 is 3.19 bits per heavy atom. The van der Waals surface area contributed by atoms with Gasteiger partial charge in [0.1, 0.15) is 0 Å². The van der Waals surface area contributed by atoms with Gasteiger partial charge in [-0.2, -0.15) is 0 Å². The number of hydrogen-bond donors (Lipinski definition) is 1. The number of amides is 1. The molecule has 0 aromatic carbocycles. The quantitative estimate of drug-likeness (QED) is 0.789. The van der Waals surface area contributed by atoms with Crippen molar-refractivity contribution in [2.24, 2.45) is 0 Å². The van der Waals surface area contributed by atoms with Crippen molar-refractivity contribution in [1.82, 2.24) is 15.3 Å². The third-order valence-corrected chi connectivity index (χ3v) is 3.73. The van der Waals surface area contributed by atoms with Crippen LogP contribution in [-0.2, 0) is 17.8 Å². The fraction of sp³-hybridized carbons (Fsp3) is 0.545. The Hall–Kier alpha value is -0.910. The number of rotatable bonds is 3. The second-order valence-corrected chi connectivity index (χ2v) is 5.16. The van der Waals surface area contributed by atoms with E-state index < -0.39 is 0 Å². The summed E-state index contributed by atoms with van der Waals surface area (Å²) in [4.78, 5) is 15.2. The molecule has 0 aliphatic carbocycles. The first kappa shape index (κ1) is 11.6. The second-order valence-electron chi connectivity index (χ2n) is 4.16. The highest BCUT2D eigenvalue weighted by molar-refractivity contribution is 7.10. The molecule has 1 aromatic rings. The molecular weight excluding hydrogens is 222 g/mol. The lowest BCUT2D eigenvalue weighted by Crippen LogP contribution is -2.44. The molecule has 0 saturated carbocycles. The molecule has 1 N–H and O–H groups in total. The van der Waals surface area contributed by atoms with E-state index in [9.17, 15) is 4.79 Å². The number of fused-ring (bicyclic) bond motifs is 1. The van der Waals surface area contributed by atoms with Gasteiger partial charge in [0.2, 0.25) is 5.91 Å². The average Bonchev–Trinajstić information content (AvgIpc) is 2.72. The first-order chi connectivity index (χ1) is 7.66. The normalized spacial score (nSPS) is 15.3. The van der Waals surface area contributed by atoms with Gasteiger partial charge in [-0.1, -0.05) is 0 Å². The van der Waals surface area contributed by atoms with Gasteiger partial charge in [-0.05, 0) is 23.4 Å². The largest absolute Gasteiger partial charge is 0.337 e. The molecule has 1 aliphatic rings. The van der Waals surface area contributed by atoms with Gasteiger partial charge < -0.3 is 4.90 Å². The summed E-state index contributed by atoms with van der Waals surface area (Å²) >= 11 is 1.80. The van der Waals surface area contributed by atoms with Crippen molar-refractivity contribution in [3.63, 3.8) is 0 Å². The van der Waals surface area contributed by atoms with Gasteiger partial charge in [0, 0.05) is 32.1 Å². The maximum Gasteiger partial charge on any atom is 0.238 e. The Labute approximate surface area is 99.8 Å². The van der Waals surface area contributed by atoms with E-state index in [2.05, 4.69) is 16.9 Å². The van der Waals surface area contributed by atoms with Crippen LogP contribution in [0.1, 0.15) is 10.4 Å². The number of hydrogen-bond acceptors (Lipinski definition) is 4. The molecule has 0 saturated heterocycles. The maximum atomic E-state index is 11.9. The number of nitrogens with one attached hydrogen (secondary N) is 1. The van der Waals surface area contributed by atoms with Gasteiger partial charge in [0.25, 0.3) is 0 Å². The summed E-state index contributed by atoms with van der Waals surface area (Å²) < 4.78 is 0. The van der Waals surface area contributed by atoms with Gasteiger partial charge in [-0.25, -0.2) is 5.43 Å². The first-order valence-corrected chi connectivity index (χ1v) is 6.28. The summed E-state index contributed by atoms with van der Waals surface area (Å²) in [5.74, 6) is 0.172. The maximum absolute atomic E-state index is 11.9. The number of nitrogens with zero attached hydrogens (tertiary/aromatic N) is 2. The highest BCUT2D eigenvalue weighted by Gasteiger charge is 2.20. The van der Waals surface area contributed by atoms with Crippen molar-refractivity contribution in [3.8, 4) is 0 Å². The molecule has 16 heavy (non-hydrogen) atoms. The van der Waals surface area contributed by atoms with Gasteiger partial charge in [-0.3, -0.25) is 9.80 Å². The molecule has 88 valence electrons. The predicted octanol–water partition coefficient (Wildman–Crippen LogP) is 0.699. The molecule has 0 fully saturated rings. The van der Waals surface area contributed by atoms with Crippen LogP contribution >= 0.6 is 11.3 Å². The minimum Gasteiger partial charge on any atom is -0.337 e. The Bertz CT molecular complexity index is 375. The third kappa shape index (κ3) is 2.61. The smallest absolute Gasteiger partial charge is 0.238 e. The zero-order chi connectivity index (χ0) is 11.5. The van der Waals surface area contributed by atoms with Crippen LogP contribution in [0.2, 0.25) is 0 Å². The summed E-state index contributed by atoms with van der Waals surface area (Å²) in [5, 5.41) is 3.91. The first-order valence-electron chi connectivity index (χ1n) is 5.40. The summed E-state index contributed by atoms with van der Waals surface area (Å²) in [6.45, 7) is 2.00. The van der Waals surface area contributed by atoms with Crippen LogP contribution in [0.3, 0.4) is 0 Å². The summed E-state index contributed by atoms with van der Waals surface area (Å²) in [6.07, 6.45) is 1.00. The average molecular weight is 239 g/mol. The molecule has 2 heterocycles. The van der Waals surface area contributed by atoms with E-state index in [1.165, 1.54) is 10.4 Å². The second kappa shape index (κ2) is 4.95. The molecule has 0 unspecified atom stereocenters. The van der Waals surface area contributed by atoms with Crippen LogP contribution in [0.15, 0.2) is 11.4 Å². The fourth-order valence-corrected chi connectivity index (χ4v) is 2.69. The topological polar surface area (TPSA) is 35.6 Å². The van der Waals surface area contributed by atoms with Crippen LogP contribution in [0.25, 0.3) is 0 Å². The van der Waals surface area contributed by atoms with Gasteiger partial charge in [-0.15, -0.1) is 11.3 Å². The molecule has 4 nitrogen and oxygen atoms in total. The molecule has 1 aliphatic heterocycles. The predicted molar refractivity (Wildman–Crippen MR) is 65.1 cm³/mol. The number of carbonyl (C=O) groups excluding carboxylic acids is 1. The lowest BCUT2D eigenvalue weighted by molar-refractivity contribution is -0.131. The van der Waals surface area contributed by atoms with Crippen molar-refractivity contribution in [2.45, 2.75) is 13.0 Å². The highest BCUT2D eigenvalue weighted by Crippen LogP contribution is 2.23. The summed E-state index contributed by atoms with van der Waals surface area (Å²) in [5.41, 5.74) is 4.32. The van der Waals surface area contributed by atoms with Crippen molar-refractivity contribution in [2.75, 3.05) is 27.2 Å². The standard InChI is InChI=1S/C11H17N3OS/c1-13(2)12-7-11(15)14-5-3-10-9(8-14)4-6-16-10/h4,6,12H,3,5,7-8H2,1-2H3. The van der Waals surface area contributed by atoms with Crippen LogP contribution in [0, 0.1) is 0 Å². The lowest BCUT2D eigenvalue weighted by atomic mass is 10.1. The van der Waals surface area contributed by atoms with Gasteiger partial charge in [0.15, 0.2) is 0 Å². The van der Waals surface area contributed by atoms with E-state index in [0.717, 1.165) is 19.5 Å². The van der Waals surface area contributed by atoms with E-state index in [0.29, 0.717) is 6.54 Å². The zero-order valence-corrected chi connectivity index (χ0v) is 10.5. The van der Waals surface area contributed by atoms with Gasteiger partial charge in [0.05, 0.1) is 6.54 Å². The molecular formula is C11H17N3OS. The Balaban J connectivity index is 1.90. The van der Waals surface area contributed by atoms with Crippen molar-refractivity contribution < 1.29 is 4.79 Å². The molecule has 5 heteroatoms. The SMILES string of the molecule is CN(C)NCC(=O)N1CCc2sccc2C1. The Kier molecular flexibility index (Phi) is 3.58. The molecule has 0 bridgehead atoms. The molecule has 0 spiro atoms. The minimum atomic E-state index is 0.172. The third-order valence-electron chi connectivity index (χ3n) is 2.71. The summed E-state index contributed by atoms with van der Waals surface area (Å²) in [7, 11) is 3.78. The van der Waals surface area contributed by atoms with Gasteiger partial charge >= 0.3 is 0 Å². The Morgan fingerprint density at radius 2 is 2.44 bits per heavy atom. The van der Waals surface area contributed by atoms with E-state index >= 15 is 0 Å².